The molecule has 0 aliphatic carbocycles. The van der Waals surface area contributed by atoms with E-state index in [1.807, 2.05) is 13.0 Å². The van der Waals surface area contributed by atoms with Gasteiger partial charge in [-0.1, -0.05) is 24.8 Å². The van der Waals surface area contributed by atoms with E-state index in [9.17, 15) is 14.7 Å². The normalized spacial score (nSPS) is 20.5. The van der Waals surface area contributed by atoms with Crippen LogP contribution in [0.25, 0.3) is 5.76 Å². The molecular formula is C28H25NO6. The van der Waals surface area contributed by atoms with E-state index >= 15 is 0 Å². The van der Waals surface area contributed by atoms with Gasteiger partial charge in [-0.2, -0.15) is 0 Å². The number of hydrogen-bond donors (Lipinski definition) is 1. The molecule has 1 amide bonds. The lowest BCUT2D eigenvalue weighted by atomic mass is 9.94. The Morgan fingerprint density at radius 2 is 2.00 bits per heavy atom. The molecule has 0 spiro atoms. The van der Waals surface area contributed by atoms with Crippen molar-refractivity contribution in [1.29, 1.82) is 0 Å². The number of amides is 1. The number of rotatable bonds is 7. The summed E-state index contributed by atoms with van der Waals surface area (Å²) in [5.41, 5.74) is 2.12. The summed E-state index contributed by atoms with van der Waals surface area (Å²) >= 11 is 0. The summed E-state index contributed by atoms with van der Waals surface area (Å²) in [5, 5.41) is 11.3. The average molecular weight is 472 g/mol. The third-order valence-electron chi connectivity index (χ3n) is 6.18. The fraction of sp³-hybridized carbons (Fsp3) is 0.214. The van der Waals surface area contributed by atoms with Gasteiger partial charge in [0.05, 0.1) is 24.4 Å². The highest BCUT2D eigenvalue weighted by atomic mass is 16.5. The predicted octanol–water partition coefficient (Wildman–Crippen LogP) is 4.79. The molecule has 3 heterocycles. The summed E-state index contributed by atoms with van der Waals surface area (Å²) in [7, 11) is 0. The van der Waals surface area contributed by atoms with E-state index in [0.29, 0.717) is 35.7 Å². The largest absolute Gasteiger partial charge is 0.507 e. The van der Waals surface area contributed by atoms with Crippen LogP contribution in [0.5, 0.6) is 11.5 Å². The van der Waals surface area contributed by atoms with Crippen molar-refractivity contribution in [1.82, 2.24) is 4.90 Å². The number of carbonyl (C=O) groups is 2. The first-order valence-corrected chi connectivity index (χ1v) is 11.4. The number of fused-ring (bicyclic) bond motifs is 1. The zero-order valence-corrected chi connectivity index (χ0v) is 19.3. The highest BCUT2D eigenvalue weighted by molar-refractivity contribution is 6.46. The van der Waals surface area contributed by atoms with E-state index in [-0.39, 0.29) is 24.0 Å². The minimum absolute atomic E-state index is 0.0354. The van der Waals surface area contributed by atoms with E-state index in [1.165, 1.54) is 11.2 Å². The number of carbonyl (C=O) groups excluding carboxylic acids is 2. The van der Waals surface area contributed by atoms with Crippen molar-refractivity contribution in [3.8, 4) is 11.5 Å². The van der Waals surface area contributed by atoms with Crippen LogP contribution in [0.3, 0.4) is 0 Å². The zero-order chi connectivity index (χ0) is 24.5. The van der Waals surface area contributed by atoms with Crippen LogP contribution >= 0.6 is 0 Å². The Labute approximate surface area is 202 Å². The van der Waals surface area contributed by atoms with Crippen LogP contribution in [-0.4, -0.2) is 34.4 Å². The lowest BCUT2D eigenvalue weighted by Gasteiger charge is -2.24. The van der Waals surface area contributed by atoms with Crippen molar-refractivity contribution in [3.63, 3.8) is 0 Å². The Morgan fingerprint density at radius 1 is 1.20 bits per heavy atom. The van der Waals surface area contributed by atoms with E-state index < -0.39 is 17.7 Å². The molecule has 7 heteroatoms. The monoisotopic (exact) mass is 471 g/mol. The maximum atomic E-state index is 13.2. The second-order valence-electron chi connectivity index (χ2n) is 8.63. The number of nitrogens with zero attached hydrogens (tertiary/aromatic N) is 1. The number of Topliss-reactive ketones (excluding diaryl/α,β-unsaturated/α-hetero) is 1. The molecule has 1 fully saturated rings. The number of likely N-dealkylation sites (tertiary alicyclic amines) is 1. The lowest BCUT2D eigenvalue weighted by Crippen LogP contribution is -2.29. The Bertz CT molecular complexity index is 1310. The second-order valence-corrected chi connectivity index (χ2v) is 8.63. The van der Waals surface area contributed by atoms with Gasteiger partial charge < -0.3 is 23.9 Å². The van der Waals surface area contributed by atoms with Gasteiger partial charge in [-0.15, -0.1) is 0 Å². The standard InChI is InChI=1S/C28H25NO6/c1-3-12-33-21-9-6-18(7-10-21)25-24(27(31)28(32)29(25)16-22-5-4-13-34-22)26(30)19-8-11-23-20(15-19)14-17(2)35-23/h3-11,13,15,17,25,30H,1,12,14,16H2,2H3/b26-24+. The van der Waals surface area contributed by atoms with Crippen LogP contribution < -0.4 is 9.47 Å². The molecule has 2 aliphatic rings. The molecule has 3 aromatic rings. The summed E-state index contributed by atoms with van der Waals surface area (Å²) in [6.07, 6.45) is 3.91. The molecule has 0 radical (unpaired) electrons. The van der Waals surface area contributed by atoms with Gasteiger partial charge in [-0.3, -0.25) is 9.59 Å². The quantitative estimate of drug-likeness (QED) is 0.231. The first-order chi connectivity index (χ1) is 17.0. The van der Waals surface area contributed by atoms with E-state index in [0.717, 1.165) is 11.3 Å². The fourth-order valence-electron chi connectivity index (χ4n) is 4.59. The molecule has 1 saturated heterocycles. The highest BCUT2D eigenvalue weighted by Crippen LogP contribution is 2.41. The number of hydrogen-bond acceptors (Lipinski definition) is 6. The summed E-state index contributed by atoms with van der Waals surface area (Å²) in [6, 6.07) is 15.1. The lowest BCUT2D eigenvalue weighted by molar-refractivity contribution is -0.140. The molecule has 0 saturated carbocycles. The van der Waals surface area contributed by atoms with Crippen LogP contribution in [0.15, 0.2) is 83.5 Å². The van der Waals surface area contributed by atoms with Crippen molar-refractivity contribution in [3.05, 3.63) is 102 Å². The first-order valence-electron chi connectivity index (χ1n) is 11.4. The first kappa shape index (κ1) is 22.5. The van der Waals surface area contributed by atoms with Crippen molar-refractivity contribution in [2.24, 2.45) is 0 Å². The van der Waals surface area contributed by atoms with Gasteiger partial charge in [0, 0.05) is 12.0 Å². The van der Waals surface area contributed by atoms with Gasteiger partial charge in [-0.05, 0) is 60.5 Å². The molecule has 7 nitrogen and oxygen atoms in total. The summed E-state index contributed by atoms with van der Waals surface area (Å²) in [4.78, 5) is 27.8. The van der Waals surface area contributed by atoms with Gasteiger partial charge in [0.1, 0.15) is 35.7 Å². The Kier molecular flexibility index (Phi) is 5.91. The van der Waals surface area contributed by atoms with Crippen LogP contribution in [0, 0.1) is 0 Å². The summed E-state index contributed by atoms with van der Waals surface area (Å²) < 4.78 is 16.8. The number of benzene rings is 2. The molecule has 0 bridgehead atoms. The van der Waals surface area contributed by atoms with Crippen molar-refractivity contribution >= 4 is 17.4 Å². The third kappa shape index (κ3) is 4.21. The Balaban J connectivity index is 1.59. The van der Waals surface area contributed by atoms with E-state index in [4.69, 9.17) is 13.9 Å². The number of ether oxygens (including phenoxy) is 2. The molecule has 1 N–H and O–H groups in total. The van der Waals surface area contributed by atoms with Crippen LogP contribution in [0.1, 0.15) is 35.4 Å². The van der Waals surface area contributed by atoms with E-state index in [2.05, 4.69) is 6.58 Å². The molecule has 2 unspecified atom stereocenters. The highest BCUT2D eigenvalue weighted by Gasteiger charge is 2.46. The topological polar surface area (TPSA) is 89.2 Å². The minimum Gasteiger partial charge on any atom is -0.507 e. The number of ketones is 1. The number of aliphatic hydroxyl groups excluding tert-OH is 1. The van der Waals surface area contributed by atoms with Crippen LogP contribution in [-0.2, 0) is 22.6 Å². The molecule has 2 atom stereocenters. The van der Waals surface area contributed by atoms with Gasteiger partial charge in [0.15, 0.2) is 0 Å². The smallest absolute Gasteiger partial charge is 0.296 e. The maximum absolute atomic E-state index is 13.2. The van der Waals surface area contributed by atoms with Gasteiger partial charge in [0.2, 0.25) is 0 Å². The number of aliphatic hydroxyl groups is 1. The van der Waals surface area contributed by atoms with Crippen molar-refractivity contribution in [2.45, 2.75) is 32.0 Å². The van der Waals surface area contributed by atoms with E-state index in [1.54, 1.807) is 54.6 Å². The molecule has 2 aromatic carbocycles. The Hall–Kier alpha value is -4.26. The van der Waals surface area contributed by atoms with Gasteiger partial charge >= 0.3 is 0 Å². The van der Waals surface area contributed by atoms with Crippen LogP contribution in [0.4, 0.5) is 0 Å². The summed E-state index contributed by atoms with van der Waals surface area (Å²) in [5.74, 6) is 0.272. The second kappa shape index (κ2) is 9.18. The molecule has 5 rings (SSSR count). The zero-order valence-electron chi connectivity index (χ0n) is 19.3. The molecule has 178 valence electrons. The van der Waals surface area contributed by atoms with Crippen molar-refractivity contribution < 1.29 is 28.6 Å². The predicted molar refractivity (Wildman–Crippen MR) is 129 cm³/mol. The summed E-state index contributed by atoms with van der Waals surface area (Å²) in [6.45, 7) is 6.06. The Morgan fingerprint density at radius 3 is 2.71 bits per heavy atom. The minimum atomic E-state index is -0.794. The molecule has 35 heavy (non-hydrogen) atoms. The maximum Gasteiger partial charge on any atom is 0.296 e. The third-order valence-corrected chi connectivity index (χ3v) is 6.18. The number of furan rings is 1. The van der Waals surface area contributed by atoms with Gasteiger partial charge in [0.25, 0.3) is 11.7 Å². The SMILES string of the molecule is C=CCOc1ccc(C2/C(=C(\O)c3ccc4c(c3)CC(C)O4)C(=O)C(=O)N2Cc2ccco2)cc1. The molecule has 1 aromatic heterocycles. The van der Waals surface area contributed by atoms with Crippen molar-refractivity contribution in [2.75, 3.05) is 6.61 Å². The molecular weight excluding hydrogens is 446 g/mol. The van der Waals surface area contributed by atoms with Crippen LogP contribution in [0.2, 0.25) is 0 Å². The fourth-order valence-corrected chi connectivity index (χ4v) is 4.59. The molecule has 2 aliphatic heterocycles. The van der Waals surface area contributed by atoms with Gasteiger partial charge in [-0.25, -0.2) is 0 Å². The average Bonchev–Trinajstić information content (AvgIpc) is 3.57.